The number of Topliss-reactive ketones (excluding diaryl/α,β-unsaturated/α-hetero) is 1. The number of carbonyl (C=O) groups excluding carboxylic acids is 1. The highest BCUT2D eigenvalue weighted by molar-refractivity contribution is 7.91. The van der Waals surface area contributed by atoms with Crippen LogP contribution < -0.4 is 9.47 Å². The average molecular weight is 411 g/mol. The maximum absolute atomic E-state index is 12.8. The van der Waals surface area contributed by atoms with E-state index < -0.39 is 9.84 Å². The predicted octanol–water partition coefficient (Wildman–Crippen LogP) is 4.23. The van der Waals surface area contributed by atoms with Gasteiger partial charge in [0.05, 0.1) is 24.2 Å². The number of carbonyl (C=O) groups is 1. The van der Waals surface area contributed by atoms with Crippen LogP contribution in [-0.2, 0) is 21.1 Å². The lowest BCUT2D eigenvalue weighted by Gasteiger charge is -2.28. The predicted molar refractivity (Wildman–Crippen MR) is 112 cm³/mol. The zero-order valence-corrected chi connectivity index (χ0v) is 18.4. The van der Waals surface area contributed by atoms with Crippen molar-refractivity contribution in [2.24, 2.45) is 11.8 Å². The molecule has 1 fully saturated rings. The summed E-state index contributed by atoms with van der Waals surface area (Å²) in [6.45, 7) is 8.42. The van der Waals surface area contributed by atoms with Gasteiger partial charge in [-0.15, -0.1) is 0 Å². The molecule has 28 heavy (non-hydrogen) atoms. The van der Waals surface area contributed by atoms with Crippen LogP contribution in [0.1, 0.15) is 58.9 Å². The Bertz CT molecular complexity index is 746. The summed E-state index contributed by atoms with van der Waals surface area (Å²) in [6.07, 6.45) is 3.58. The molecule has 0 saturated heterocycles. The molecule has 6 heteroatoms. The highest BCUT2D eigenvalue weighted by atomic mass is 32.2. The van der Waals surface area contributed by atoms with E-state index in [4.69, 9.17) is 9.47 Å². The fraction of sp³-hybridized carbons (Fsp3) is 0.682. The summed E-state index contributed by atoms with van der Waals surface area (Å²) in [5.41, 5.74) is 0.932. The van der Waals surface area contributed by atoms with Gasteiger partial charge in [-0.2, -0.15) is 0 Å². The molecule has 0 spiro atoms. The minimum Gasteiger partial charge on any atom is -0.490 e. The van der Waals surface area contributed by atoms with E-state index in [-0.39, 0.29) is 28.6 Å². The van der Waals surface area contributed by atoms with Crippen LogP contribution in [0.4, 0.5) is 0 Å². The summed E-state index contributed by atoms with van der Waals surface area (Å²) < 4.78 is 35.5. The van der Waals surface area contributed by atoms with Gasteiger partial charge in [0.1, 0.15) is 5.78 Å². The van der Waals surface area contributed by atoms with Crippen LogP contribution >= 0.6 is 0 Å². The first-order chi connectivity index (χ1) is 13.3. The van der Waals surface area contributed by atoms with Gasteiger partial charge in [-0.3, -0.25) is 4.79 Å². The first kappa shape index (κ1) is 22.7. The molecule has 0 heterocycles. The number of benzene rings is 1. The van der Waals surface area contributed by atoms with E-state index in [0.717, 1.165) is 31.2 Å². The second-order valence-corrected chi connectivity index (χ2v) is 10.5. The second-order valence-electron chi connectivity index (χ2n) is 7.89. The van der Waals surface area contributed by atoms with Crippen LogP contribution in [0.25, 0.3) is 0 Å². The third kappa shape index (κ3) is 6.23. The Morgan fingerprint density at radius 1 is 1.04 bits per heavy atom. The minimum absolute atomic E-state index is 0.0279. The van der Waals surface area contributed by atoms with Gasteiger partial charge in [-0.25, -0.2) is 8.42 Å². The third-order valence-electron chi connectivity index (χ3n) is 5.47. The number of sulfone groups is 1. The number of hydrogen-bond donors (Lipinski definition) is 0. The molecule has 0 bridgehead atoms. The fourth-order valence-electron chi connectivity index (χ4n) is 3.72. The second kappa shape index (κ2) is 10.3. The average Bonchev–Trinajstić information content (AvgIpc) is 2.64. The lowest BCUT2D eigenvalue weighted by Crippen LogP contribution is -2.29. The van der Waals surface area contributed by atoms with Gasteiger partial charge < -0.3 is 9.47 Å². The zero-order valence-electron chi connectivity index (χ0n) is 17.6. The van der Waals surface area contributed by atoms with E-state index in [0.29, 0.717) is 31.1 Å². The van der Waals surface area contributed by atoms with Crippen LogP contribution in [0.15, 0.2) is 18.2 Å². The van der Waals surface area contributed by atoms with Crippen molar-refractivity contribution in [3.63, 3.8) is 0 Å². The van der Waals surface area contributed by atoms with Gasteiger partial charge in [-0.1, -0.05) is 6.07 Å². The SMILES string of the molecule is CCOc1ccc(CC(=O)C2CCC(CS(=O)(=O)C(C)C)CC2)cc1OCC. The number of ether oxygens (including phenoxy) is 2. The molecule has 1 aromatic rings. The largest absolute Gasteiger partial charge is 0.490 e. The zero-order chi connectivity index (χ0) is 20.7. The minimum atomic E-state index is -3.01. The van der Waals surface area contributed by atoms with Gasteiger partial charge >= 0.3 is 0 Å². The summed E-state index contributed by atoms with van der Waals surface area (Å²) in [5.74, 6) is 2.08. The summed E-state index contributed by atoms with van der Waals surface area (Å²) in [7, 11) is -3.01. The molecule has 5 nitrogen and oxygen atoms in total. The molecule has 158 valence electrons. The van der Waals surface area contributed by atoms with E-state index in [1.165, 1.54) is 0 Å². The molecule has 0 radical (unpaired) electrons. The van der Waals surface area contributed by atoms with Crippen molar-refractivity contribution in [2.45, 2.75) is 65.0 Å². The standard InChI is InChI=1S/C22H34O5S/c1-5-26-21-12-9-18(14-22(21)27-6-2)13-20(23)19-10-7-17(8-11-19)15-28(24,25)16(3)4/h9,12,14,16-17,19H,5-8,10-11,13,15H2,1-4H3. The molecule has 1 aliphatic rings. The van der Waals surface area contributed by atoms with Crippen molar-refractivity contribution in [3.05, 3.63) is 23.8 Å². The Kier molecular flexibility index (Phi) is 8.35. The van der Waals surface area contributed by atoms with Crippen molar-refractivity contribution in [2.75, 3.05) is 19.0 Å². The molecule has 0 atom stereocenters. The summed E-state index contributed by atoms with van der Waals surface area (Å²) in [6, 6.07) is 5.68. The van der Waals surface area contributed by atoms with Gasteiger partial charge in [-0.05, 0) is 77.0 Å². The molecule has 0 aliphatic heterocycles. The van der Waals surface area contributed by atoms with Crippen molar-refractivity contribution >= 4 is 15.6 Å². The maximum Gasteiger partial charge on any atom is 0.161 e. The van der Waals surface area contributed by atoms with E-state index in [1.807, 2.05) is 32.0 Å². The first-order valence-corrected chi connectivity index (χ1v) is 12.1. The van der Waals surface area contributed by atoms with Crippen LogP contribution in [0.2, 0.25) is 0 Å². The Hall–Kier alpha value is -1.56. The summed E-state index contributed by atoms with van der Waals surface area (Å²) in [4.78, 5) is 12.8. The van der Waals surface area contributed by atoms with E-state index in [2.05, 4.69) is 0 Å². The van der Waals surface area contributed by atoms with Crippen LogP contribution in [0, 0.1) is 11.8 Å². The quantitative estimate of drug-likeness (QED) is 0.577. The van der Waals surface area contributed by atoms with Crippen LogP contribution in [0.3, 0.4) is 0 Å². The van der Waals surface area contributed by atoms with Crippen molar-refractivity contribution < 1.29 is 22.7 Å². The van der Waals surface area contributed by atoms with Gasteiger partial charge in [0, 0.05) is 12.3 Å². The van der Waals surface area contributed by atoms with Gasteiger partial charge in [0.2, 0.25) is 0 Å². The lowest BCUT2D eigenvalue weighted by atomic mass is 9.79. The molecule has 0 aromatic heterocycles. The van der Waals surface area contributed by atoms with Crippen LogP contribution in [0.5, 0.6) is 11.5 Å². The summed E-state index contributed by atoms with van der Waals surface area (Å²) in [5, 5.41) is -0.328. The van der Waals surface area contributed by atoms with Gasteiger partial charge in [0.15, 0.2) is 21.3 Å². The molecule has 1 aliphatic carbocycles. The monoisotopic (exact) mass is 410 g/mol. The highest BCUT2D eigenvalue weighted by Crippen LogP contribution is 2.33. The molecule has 1 aromatic carbocycles. The van der Waals surface area contributed by atoms with Gasteiger partial charge in [0.25, 0.3) is 0 Å². The smallest absolute Gasteiger partial charge is 0.161 e. The Labute approximate surface area is 169 Å². The van der Waals surface area contributed by atoms with Crippen molar-refractivity contribution in [3.8, 4) is 11.5 Å². The third-order valence-corrected chi connectivity index (χ3v) is 7.85. The number of rotatable bonds is 10. The summed E-state index contributed by atoms with van der Waals surface area (Å²) >= 11 is 0. The lowest BCUT2D eigenvalue weighted by molar-refractivity contribution is -0.123. The van der Waals surface area contributed by atoms with E-state index in [9.17, 15) is 13.2 Å². The van der Waals surface area contributed by atoms with Crippen LogP contribution in [-0.4, -0.2) is 38.4 Å². The molecule has 0 unspecified atom stereocenters. The highest BCUT2D eigenvalue weighted by Gasteiger charge is 2.30. The Balaban J connectivity index is 1.93. The molecular formula is C22H34O5S. The van der Waals surface area contributed by atoms with Crippen molar-refractivity contribution in [1.82, 2.24) is 0 Å². The molecule has 2 rings (SSSR count). The van der Waals surface area contributed by atoms with Crippen molar-refractivity contribution in [1.29, 1.82) is 0 Å². The first-order valence-electron chi connectivity index (χ1n) is 10.4. The topological polar surface area (TPSA) is 69.7 Å². The number of ketones is 1. The molecule has 0 amide bonds. The fourth-order valence-corrected chi connectivity index (χ4v) is 5.10. The van der Waals surface area contributed by atoms with E-state index >= 15 is 0 Å². The number of hydrogen-bond acceptors (Lipinski definition) is 5. The molecule has 0 N–H and O–H groups in total. The normalized spacial score (nSPS) is 20.2. The molecule has 1 saturated carbocycles. The molecular weight excluding hydrogens is 376 g/mol. The maximum atomic E-state index is 12.8. The Morgan fingerprint density at radius 2 is 1.64 bits per heavy atom. The van der Waals surface area contributed by atoms with E-state index in [1.54, 1.807) is 13.8 Å². The Morgan fingerprint density at radius 3 is 2.21 bits per heavy atom.